The van der Waals surface area contributed by atoms with Crippen LogP contribution in [-0.2, 0) is 36.6 Å². The Bertz CT molecular complexity index is 1180. The number of carbonyl (C=O) groups is 3. The van der Waals surface area contributed by atoms with E-state index < -0.39 is 71.4 Å². The van der Waals surface area contributed by atoms with E-state index in [-0.39, 0.29) is 56.6 Å². The topological polar surface area (TPSA) is 94.2 Å². The molecule has 0 radical (unpaired) electrons. The second-order valence-electron chi connectivity index (χ2n) is 12.1. The smallest absolute Gasteiger partial charge is 0.471 e. The fourth-order valence-corrected chi connectivity index (χ4v) is 5.82. The van der Waals surface area contributed by atoms with Gasteiger partial charge in [0.15, 0.2) is 0 Å². The van der Waals surface area contributed by atoms with Crippen molar-refractivity contribution in [2.24, 2.45) is 5.41 Å². The van der Waals surface area contributed by atoms with Crippen molar-refractivity contribution in [1.82, 2.24) is 10.2 Å². The molecule has 1 unspecified atom stereocenters. The first-order valence-corrected chi connectivity index (χ1v) is 14.1. The zero-order valence-electron chi connectivity index (χ0n) is 24.8. The van der Waals surface area contributed by atoms with Crippen LogP contribution >= 0.6 is 0 Å². The van der Waals surface area contributed by atoms with E-state index in [4.69, 9.17) is 14.2 Å². The molecule has 2 amide bonds. The molecule has 0 aromatic heterocycles. The van der Waals surface area contributed by atoms with E-state index in [9.17, 15) is 40.7 Å². The Morgan fingerprint density at radius 3 is 2.21 bits per heavy atom. The van der Waals surface area contributed by atoms with Gasteiger partial charge in [-0.2, -0.15) is 26.3 Å². The van der Waals surface area contributed by atoms with Crippen LogP contribution in [0.1, 0.15) is 77.8 Å². The third-order valence-corrected chi connectivity index (χ3v) is 7.79. The maximum Gasteiger partial charge on any atom is 0.471 e. The second-order valence-corrected chi connectivity index (χ2v) is 12.1. The molecule has 1 saturated carbocycles. The van der Waals surface area contributed by atoms with Gasteiger partial charge >= 0.3 is 24.2 Å². The van der Waals surface area contributed by atoms with Gasteiger partial charge in [-0.1, -0.05) is 0 Å². The summed E-state index contributed by atoms with van der Waals surface area (Å²) < 4.78 is 98.0. The molecule has 0 bridgehead atoms. The molecule has 242 valence electrons. The van der Waals surface area contributed by atoms with E-state index in [0.29, 0.717) is 0 Å². The second kappa shape index (κ2) is 12.9. The molecule has 2 aliphatic rings. The van der Waals surface area contributed by atoms with Crippen molar-refractivity contribution in [2.75, 3.05) is 13.2 Å². The molecular weight excluding hydrogens is 586 g/mol. The number of rotatable bonds is 8. The lowest BCUT2D eigenvalue weighted by Crippen LogP contribution is -2.54. The van der Waals surface area contributed by atoms with Gasteiger partial charge in [0.1, 0.15) is 17.5 Å². The summed E-state index contributed by atoms with van der Waals surface area (Å²) in [5.74, 6) is -3.37. The van der Waals surface area contributed by atoms with Gasteiger partial charge in [0.25, 0.3) is 0 Å². The van der Waals surface area contributed by atoms with E-state index in [2.05, 4.69) is 5.32 Å². The molecule has 2 fully saturated rings. The lowest BCUT2D eigenvalue weighted by Gasteiger charge is -2.40. The highest BCUT2D eigenvalue weighted by atomic mass is 19.4. The Hall–Kier alpha value is -3.03. The van der Waals surface area contributed by atoms with Crippen LogP contribution in [0.25, 0.3) is 0 Å². The molecule has 3 rings (SSSR count). The fraction of sp³-hybridized carbons (Fsp3) is 0.690. The van der Waals surface area contributed by atoms with E-state index in [1.807, 2.05) is 0 Å². The van der Waals surface area contributed by atoms with Crippen LogP contribution in [0.3, 0.4) is 0 Å². The summed E-state index contributed by atoms with van der Waals surface area (Å²) in [4.78, 5) is 39.1. The molecule has 1 heterocycles. The molecule has 1 aromatic carbocycles. The van der Waals surface area contributed by atoms with Gasteiger partial charge in [-0.25, -0.2) is 0 Å². The predicted octanol–water partition coefficient (Wildman–Crippen LogP) is 5.56. The number of halogens is 6. The Morgan fingerprint density at radius 1 is 1.05 bits per heavy atom. The molecule has 14 heteroatoms. The quantitative estimate of drug-likeness (QED) is 0.301. The zero-order valence-corrected chi connectivity index (χ0v) is 24.8. The van der Waals surface area contributed by atoms with Crippen LogP contribution in [-0.4, -0.2) is 65.9 Å². The van der Waals surface area contributed by atoms with Crippen molar-refractivity contribution in [3.05, 3.63) is 29.3 Å². The number of alkyl halides is 6. The average molecular weight is 625 g/mol. The lowest BCUT2D eigenvalue weighted by atomic mass is 9.79. The molecule has 8 nitrogen and oxygen atoms in total. The fourth-order valence-electron chi connectivity index (χ4n) is 5.82. The normalized spacial score (nSPS) is 22.5. The minimum absolute atomic E-state index is 0.0140. The number of hydrogen-bond acceptors (Lipinski definition) is 6. The minimum atomic E-state index is -5.15. The average Bonchev–Trinajstić information content (AvgIpc) is 3.32. The highest BCUT2D eigenvalue weighted by Crippen LogP contribution is 2.46. The maximum absolute atomic E-state index is 13.8. The van der Waals surface area contributed by atoms with Gasteiger partial charge in [-0.3, -0.25) is 14.4 Å². The predicted molar refractivity (Wildman–Crippen MR) is 142 cm³/mol. The van der Waals surface area contributed by atoms with Gasteiger partial charge in [-0.15, -0.1) is 0 Å². The molecule has 1 N–H and O–H groups in total. The van der Waals surface area contributed by atoms with Crippen molar-refractivity contribution in [2.45, 2.75) is 109 Å². The standard InChI is InChI=1S/C29H38F6N2O6/c1-17(42-18(2)38)27(11-8-22(15-27)37(25(40)29(33,34)35)21-9-12-41-13-10-21)24(39)36-16-19-14-20(28(30,31)32)6-7-23(19)43-26(3,4)5/h6-7,14,17,21-22H,8-13,15-16H2,1-5H3,(H,36,39)/t17?,22-,27+/m1/s1. The summed E-state index contributed by atoms with van der Waals surface area (Å²) in [5.41, 5.74) is -3.27. The van der Waals surface area contributed by atoms with E-state index in [0.717, 1.165) is 30.0 Å². The number of carbonyl (C=O) groups excluding carboxylic acids is 3. The molecule has 3 atom stereocenters. The maximum atomic E-state index is 13.8. The third-order valence-electron chi connectivity index (χ3n) is 7.79. The lowest BCUT2D eigenvalue weighted by molar-refractivity contribution is -0.192. The van der Waals surface area contributed by atoms with E-state index in [1.165, 1.54) is 6.92 Å². The summed E-state index contributed by atoms with van der Waals surface area (Å²) in [7, 11) is 0. The number of benzene rings is 1. The first-order chi connectivity index (χ1) is 19.7. The van der Waals surface area contributed by atoms with Crippen LogP contribution in [0.5, 0.6) is 5.75 Å². The van der Waals surface area contributed by atoms with Gasteiger partial charge in [0, 0.05) is 44.3 Å². The van der Waals surface area contributed by atoms with E-state index in [1.54, 1.807) is 20.8 Å². The summed E-state index contributed by atoms with van der Waals surface area (Å²) in [6.45, 7) is 7.60. The Balaban J connectivity index is 1.94. The molecule has 0 spiro atoms. The van der Waals surface area contributed by atoms with Crippen molar-refractivity contribution < 1.29 is 54.9 Å². The van der Waals surface area contributed by atoms with Gasteiger partial charge in [0.2, 0.25) is 5.91 Å². The SMILES string of the molecule is CC(=O)OC(C)[C@]1(C(=O)NCc2cc(C(F)(F)F)ccc2OC(C)(C)C)CC[C@@H](N(C(=O)C(F)(F)F)C2CCOCC2)C1. The third kappa shape index (κ3) is 8.54. The Kier molecular flexibility index (Phi) is 10.3. The highest BCUT2D eigenvalue weighted by molar-refractivity contribution is 5.85. The first-order valence-electron chi connectivity index (χ1n) is 14.1. The largest absolute Gasteiger partial charge is 0.488 e. The molecule has 1 aliphatic heterocycles. The monoisotopic (exact) mass is 624 g/mol. The summed E-state index contributed by atoms with van der Waals surface area (Å²) >= 11 is 0. The van der Waals surface area contributed by atoms with Crippen LogP contribution in [0.15, 0.2) is 18.2 Å². The summed E-state index contributed by atoms with van der Waals surface area (Å²) in [6.07, 6.45) is -10.8. The highest BCUT2D eigenvalue weighted by Gasteiger charge is 2.56. The minimum Gasteiger partial charge on any atom is -0.488 e. The van der Waals surface area contributed by atoms with E-state index >= 15 is 0 Å². The van der Waals surface area contributed by atoms with Gasteiger partial charge < -0.3 is 24.4 Å². The number of amides is 2. The van der Waals surface area contributed by atoms with Crippen LogP contribution in [0.4, 0.5) is 26.3 Å². The van der Waals surface area contributed by atoms with Crippen LogP contribution in [0, 0.1) is 5.41 Å². The number of esters is 1. The summed E-state index contributed by atoms with van der Waals surface area (Å²) in [6, 6.07) is 1.11. The number of nitrogens with zero attached hydrogens (tertiary/aromatic N) is 1. The van der Waals surface area contributed by atoms with Gasteiger partial charge in [-0.05, 0) is 78.0 Å². The van der Waals surface area contributed by atoms with Crippen molar-refractivity contribution in [3.63, 3.8) is 0 Å². The number of ether oxygens (including phenoxy) is 3. The first kappa shape index (κ1) is 34.5. The Labute approximate surface area is 246 Å². The van der Waals surface area contributed by atoms with Crippen LogP contribution < -0.4 is 10.1 Å². The van der Waals surface area contributed by atoms with Gasteiger partial charge in [0.05, 0.1) is 11.0 Å². The molecule has 1 aromatic rings. The molecular formula is C29H38F6N2O6. The van der Waals surface area contributed by atoms with Crippen molar-refractivity contribution in [3.8, 4) is 5.75 Å². The molecule has 1 saturated heterocycles. The van der Waals surface area contributed by atoms with Crippen molar-refractivity contribution in [1.29, 1.82) is 0 Å². The summed E-state index contributed by atoms with van der Waals surface area (Å²) in [5, 5.41) is 2.62. The van der Waals surface area contributed by atoms with Crippen molar-refractivity contribution >= 4 is 17.8 Å². The molecule has 43 heavy (non-hydrogen) atoms. The Morgan fingerprint density at radius 2 is 1.67 bits per heavy atom. The number of hydrogen-bond donors (Lipinski definition) is 1. The molecule has 1 aliphatic carbocycles. The zero-order chi connectivity index (χ0) is 32.4. The van der Waals surface area contributed by atoms with Crippen LogP contribution in [0.2, 0.25) is 0 Å². The number of nitrogens with one attached hydrogen (secondary N) is 1.